The molecule has 0 fully saturated rings. The number of carbonyl (C=O) groups excluding carboxylic acids is 5. The van der Waals surface area contributed by atoms with Crippen LogP contribution >= 0.6 is 0 Å². The molecule has 36 heavy (non-hydrogen) atoms. The molecule has 0 aromatic heterocycles. The molecule has 0 spiro atoms. The van der Waals surface area contributed by atoms with Crippen molar-refractivity contribution in [3.8, 4) is 0 Å². The van der Waals surface area contributed by atoms with Gasteiger partial charge in [0.2, 0.25) is 0 Å². The van der Waals surface area contributed by atoms with E-state index in [9.17, 15) is 57.3 Å². The van der Waals surface area contributed by atoms with Crippen molar-refractivity contribution >= 4 is 53.8 Å². The van der Waals surface area contributed by atoms with Crippen LogP contribution in [0.1, 0.15) is 27.7 Å². The number of ketones is 3. The molecular formula is C20H28AsNO14. The second-order valence-corrected chi connectivity index (χ2v) is 11.1. The van der Waals surface area contributed by atoms with Crippen LogP contribution in [-0.2, 0) is 31.6 Å². The van der Waals surface area contributed by atoms with Crippen LogP contribution in [0, 0.1) is 0 Å². The first-order chi connectivity index (χ1) is 16.4. The Morgan fingerprint density at radius 1 is 0.972 bits per heavy atom. The standard InChI is InChI=1S/C12H18O9.C8H10AsNO5/c1-5(14)9(18)10(19)12(21,7(3)16)11(20,6(2)15)8(17)4-13;1-6(11)10-8-5-3-2-4-7(8)9(12,13)15-14/h4,8-10,17-21H,1-3H3;2-5,14H,1H3,(H,10,11)(H,12,13). The Balaban J connectivity index is 0.000000717. The molecule has 0 bridgehead atoms. The number of nitrogens with one attached hydrogen (secondary N) is 1. The molecule has 15 nitrogen and oxygen atoms in total. The molecule has 1 aromatic rings. The van der Waals surface area contributed by atoms with E-state index in [1.165, 1.54) is 25.1 Å². The van der Waals surface area contributed by atoms with Crippen molar-refractivity contribution in [2.75, 3.05) is 5.32 Å². The van der Waals surface area contributed by atoms with Crippen LogP contribution in [0.4, 0.5) is 5.69 Å². The summed E-state index contributed by atoms with van der Waals surface area (Å²) in [4.78, 5) is 55.7. The molecule has 0 heterocycles. The quantitative estimate of drug-likeness (QED) is 0.0539. The van der Waals surface area contributed by atoms with Gasteiger partial charge in [-0.1, -0.05) is 0 Å². The van der Waals surface area contributed by atoms with Crippen LogP contribution in [0.25, 0.3) is 0 Å². The maximum absolute atomic E-state index is 11.6. The molecule has 0 aliphatic carbocycles. The number of rotatable bonds is 11. The third-order valence-corrected chi connectivity index (χ3v) is 7.55. The average molecular weight is 581 g/mol. The van der Waals surface area contributed by atoms with E-state index in [-0.39, 0.29) is 22.2 Å². The number of anilines is 1. The third kappa shape index (κ3) is 7.00. The summed E-state index contributed by atoms with van der Waals surface area (Å²) in [6.07, 6.45) is -7.88. The van der Waals surface area contributed by atoms with Crippen LogP contribution < -0.4 is 9.67 Å². The second-order valence-electron chi connectivity index (χ2n) is 7.53. The number of aldehydes is 1. The molecule has 0 saturated carbocycles. The van der Waals surface area contributed by atoms with Gasteiger partial charge in [0.25, 0.3) is 0 Å². The molecule has 16 heteroatoms. The number of aliphatic hydroxyl groups excluding tert-OH is 3. The minimum atomic E-state index is -4.92. The number of para-hydroxylation sites is 1. The fraction of sp³-hybridized carbons (Fsp3) is 0.450. The van der Waals surface area contributed by atoms with Crippen LogP contribution in [0.3, 0.4) is 0 Å². The first-order valence-corrected chi connectivity index (χ1v) is 13.2. The number of benzene rings is 1. The Kier molecular flexibility index (Phi) is 12.2. The SMILES string of the molecule is CC(=O)C(O)C(O)C(O)(C(C)=O)C(O)(C(C)=O)C(O)C=O.CC(=O)Nc1ccccc1[As](=O)(O)OO. The van der Waals surface area contributed by atoms with Crippen LogP contribution in [0.15, 0.2) is 24.3 Å². The predicted octanol–water partition coefficient (Wildman–Crippen LogP) is -3.80. The van der Waals surface area contributed by atoms with E-state index in [1.807, 2.05) is 0 Å². The van der Waals surface area contributed by atoms with Gasteiger partial charge in [0.15, 0.2) is 34.8 Å². The molecule has 6 atom stereocenters. The first-order valence-electron chi connectivity index (χ1n) is 9.86. The summed E-state index contributed by atoms with van der Waals surface area (Å²) in [5.74, 6) is -4.31. The molecule has 1 rings (SSSR count). The van der Waals surface area contributed by atoms with Gasteiger partial charge in [0.1, 0.15) is 18.3 Å². The molecule has 8 N–H and O–H groups in total. The number of hydrogen-bond acceptors (Lipinski definition) is 13. The van der Waals surface area contributed by atoms with Gasteiger partial charge in [-0.25, -0.2) is 0 Å². The van der Waals surface area contributed by atoms with Crippen molar-refractivity contribution in [1.82, 2.24) is 0 Å². The summed E-state index contributed by atoms with van der Waals surface area (Å²) in [6.45, 7) is 3.37. The fourth-order valence-electron chi connectivity index (χ4n) is 3.01. The number of hydrogen-bond donors (Lipinski definition) is 8. The predicted molar refractivity (Wildman–Crippen MR) is 119 cm³/mol. The summed E-state index contributed by atoms with van der Waals surface area (Å²) >= 11 is -4.92. The molecule has 0 saturated heterocycles. The van der Waals surface area contributed by atoms with E-state index < -0.39 is 61.0 Å². The molecule has 0 radical (unpaired) electrons. The van der Waals surface area contributed by atoms with Gasteiger partial charge < -0.3 is 30.3 Å². The zero-order valence-corrected chi connectivity index (χ0v) is 21.4. The summed E-state index contributed by atoms with van der Waals surface area (Å²) in [5.41, 5.74) is -6.75. The van der Waals surface area contributed by atoms with E-state index >= 15 is 0 Å². The zero-order valence-electron chi connectivity index (χ0n) is 19.6. The van der Waals surface area contributed by atoms with Gasteiger partial charge in [0.05, 0.1) is 0 Å². The van der Waals surface area contributed by atoms with E-state index in [1.54, 1.807) is 6.07 Å². The van der Waals surface area contributed by atoms with Gasteiger partial charge in [-0.2, -0.15) is 0 Å². The maximum atomic E-state index is 11.6. The zero-order chi connectivity index (χ0) is 28.6. The first kappa shape index (κ1) is 33.4. The van der Waals surface area contributed by atoms with Crippen molar-refractivity contribution in [1.29, 1.82) is 0 Å². The second kappa shape index (κ2) is 13.1. The van der Waals surface area contributed by atoms with Crippen LogP contribution in [0.5, 0.6) is 0 Å². The Morgan fingerprint density at radius 3 is 1.81 bits per heavy atom. The molecule has 0 aliphatic rings. The summed E-state index contributed by atoms with van der Waals surface area (Å²) < 4.78 is 24.1. The molecule has 202 valence electrons. The van der Waals surface area contributed by atoms with E-state index in [0.717, 1.165) is 6.92 Å². The summed E-state index contributed by atoms with van der Waals surface area (Å²) in [5, 5.41) is 59.9. The molecule has 1 amide bonds. The summed E-state index contributed by atoms with van der Waals surface area (Å²) in [6, 6.07) is 5.84. The minimum absolute atomic E-state index is 0.103. The van der Waals surface area contributed by atoms with Gasteiger partial charge in [-0.15, -0.1) is 0 Å². The van der Waals surface area contributed by atoms with Crippen molar-refractivity contribution < 1.29 is 66.5 Å². The van der Waals surface area contributed by atoms with Crippen molar-refractivity contribution in [2.24, 2.45) is 0 Å². The molecule has 0 aliphatic heterocycles. The van der Waals surface area contributed by atoms with Crippen LogP contribution in [0.2, 0.25) is 0 Å². The van der Waals surface area contributed by atoms with Gasteiger partial charge in [-0.3, -0.25) is 14.4 Å². The Bertz CT molecular complexity index is 1040. The Morgan fingerprint density at radius 2 is 1.44 bits per heavy atom. The Hall–Kier alpha value is -2.59. The van der Waals surface area contributed by atoms with Gasteiger partial charge >= 0.3 is 88.4 Å². The monoisotopic (exact) mass is 581 g/mol. The number of amides is 1. The topological polar surface area (TPSA) is 265 Å². The number of carbonyl (C=O) groups is 5. The van der Waals surface area contributed by atoms with E-state index in [2.05, 4.69) is 9.19 Å². The Labute approximate surface area is 207 Å². The normalized spacial score (nSPS) is 18.4. The average Bonchev–Trinajstić information content (AvgIpc) is 2.81. The molecule has 6 unspecified atom stereocenters. The molecule has 1 aromatic carbocycles. The number of Topliss-reactive ketones (excluding diaryl/α,β-unsaturated/α-hetero) is 3. The third-order valence-electron chi connectivity index (χ3n) is 4.98. The van der Waals surface area contributed by atoms with Gasteiger partial charge in [-0.05, 0) is 20.8 Å². The van der Waals surface area contributed by atoms with E-state index in [4.69, 9.17) is 5.26 Å². The molecular weight excluding hydrogens is 553 g/mol. The van der Waals surface area contributed by atoms with Crippen molar-refractivity contribution in [2.45, 2.75) is 57.2 Å². The number of aliphatic hydroxyl groups is 5. The van der Waals surface area contributed by atoms with Gasteiger partial charge in [0, 0.05) is 0 Å². The van der Waals surface area contributed by atoms with Crippen molar-refractivity contribution in [3.63, 3.8) is 0 Å². The van der Waals surface area contributed by atoms with Crippen molar-refractivity contribution in [3.05, 3.63) is 24.3 Å². The van der Waals surface area contributed by atoms with E-state index in [0.29, 0.717) is 13.8 Å². The fourth-order valence-corrected chi connectivity index (χ4v) is 4.69. The summed E-state index contributed by atoms with van der Waals surface area (Å²) in [7, 11) is 0. The van der Waals surface area contributed by atoms with Crippen LogP contribution in [-0.4, -0.2) is 108 Å².